The van der Waals surface area contributed by atoms with Crippen LogP contribution in [-0.4, -0.2) is 43.3 Å². The molecule has 2 aliphatic carbocycles. The minimum Gasteiger partial charge on any atom is -0.339 e. The zero-order valence-corrected chi connectivity index (χ0v) is 13.1. The van der Waals surface area contributed by atoms with E-state index in [0.717, 1.165) is 11.8 Å². The highest BCUT2D eigenvalue weighted by Crippen LogP contribution is 2.49. The highest BCUT2D eigenvalue weighted by atomic mass is 32.2. The zero-order valence-electron chi connectivity index (χ0n) is 12.3. The second kappa shape index (κ2) is 5.32. The molecule has 1 heterocycles. The lowest BCUT2D eigenvalue weighted by Crippen LogP contribution is -2.42. The van der Waals surface area contributed by atoms with Gasteiger partial charge in [-0.2, -0.15) is 0 Å². The van der Waals surface area contributed by atoms with Crippen molar-refractivity contribution in [3.05, 3.63) is 0 Å². The van der Waals surface area contributed by atoms with E-state index in [0.29, 0.717) is 25.3 Å². The highest BCUT2D eigenvalue weighted by Gasteiger charge is 2.41. The lowest BCUT2D eigenvalue weighted by molar-refractivity contribution is -0.134. The average Bonchev–Trinajstić information content (AvgIpc) is 3.06. The molecule has 1 amide bonds. The van der Waals surface area contributed by atoms with Crippen LogP contribution in [0.3, 0.4) is 0 Å². The molecule has 1 aliphatic heterocycles. The van der Waals surface area contributed by atoms with Crippen LogP contribution in [-0.2, 0) is 14.6 Å². The number of sulfone groups is 1. The van der Waals surface area contributed by atoms with Crippen molar-refractivity contribution in [1.29, 1.82) is 0 Å². The van der Waals surface area contributed by atoms with Gasteiger partial charge >= 0.3 is 0 Å². The van der Waals surface area contributed by atoms with Crippen LogP contribution in [0.2, 0.25) is 0 Å². The van der Waals surface area contributed by atoms with E-state index in [1.165, 1.54) is 25.7 Å². The number of rotatable bonds is 4. The Morgan fingerprint density at radius 3 is 2.50 bits per heavy atom. The SMILES string of the molecule is CCN(C(=O)CC1CC2CCC1C2)C1CCS(=O)(=O)C1. The Morgan fingerprint density at radius 2 is 2.00 bits per heavy atom. The normalized spacial score (nSPS) is 38.2. The predicted octanol–water partition coefficient (Wildman–Crippen LogP) is 1.85. The Morgan fingerprint density at radius 1 is 1.20 bits per heavy atom. The van der Waals surface area contributed by atoms with Gasteiger partial charge in [0.15, 0.2) is 9.84 Å². The molecular formula is C15H25NO3S. The molecule has 0 aromatic heterocycles. The third kappa shape index (κ3) is 2.74. The molecule has 20 heavy (non-hydrogen) atoms. The van der Waals surface area contributed by atoms with E-state index in [4.69, 9.17) is 0 Å². The Kier molecular flexibility index (Phi) is 3.82. The van der Waals surface area contributed by atoms with E-state index in [1.54, 1.807) is 0 Å². The summed E-state index contributed by atoms with van der Waals surface area (Å²) in [5.74, 6) is 2.79. The Hall–Kier alpha value is -0.580. The predicted molar refractivity (Wildman–Crippen MR) is 78.0 cm³/mol. The van der Waals surface area contributed by atoms with Gasteiger partial charge in [-0.25, -0.2) is 8.42 Å². The summed E-state index contributed by atoms with van der Waals surface area (Å²) in [6, 6.07) is -0.0731. The van der Waals surface area contributed by atoms with E-state index >= 15 is 0 Å². The second-order valence-electron chi connectivity index (χ2n) is 6.88. The first-order chi connectivity index (χ1) is 9.48. The number of fused-ring (bicyclic) bond motifs is 2. The third-order valence-corrected chi connectivity index (χ3v) is 7.38. The number of hydrogen-bond acceptors (Lipinski definition) is 3. The van der Waals surface area contributed by atoms with Crippen LogP contribution >= 0.6 is 0 Å². The van der Waals surface area contributed by atoms with E-state index in [1.807, 2.05) is 11.8 Å². The van der Waals surface area contributed by atoms with Crippen molar-refractivity contribution in [2.24, 2.45) is 17.8 Å². The number of hydrogen-bond donors (Lipinski definition) is 0. The fourth-order valence-electron chi connectivity index (χ4n) is 4.63. The lowest BCUT2D eigenvalue weighted by atomic mass is 9.86. The number of nitrogens with zero attached hydrogens (tertiary/aromatic N) is 1. The molecule has 114 valence electrons. The molecule has 4 nitrogen and oxygen atoms in total. The van der Waals surface area contributed by atoms with E-state index in [2.05, 4.69) is 0 Å². The Bertz CT molecular complexity index is 487. The maximum Gasteiger partial charge on any atom is 0.223 e. The van der Waals surface area contributed by atoms with Gasteiger partial charge in [0.2, 0.25) is 5.91 Å². The summed E-state index contributed by atoms with van der Waals surface area (Å²) in [6.07, 6.45) is 6.46. The summed E-state index contributed by atoms with van der Waals surface area (Å²) in [6.45, 7) is 2.60. The van der Waals surface area contributed by atoms with Crippen LogP contribution in [0.1, 0.15) is 45.4 Å². The highest BCUT2D eigenvalue weighted by molar-refractivity contribution is 7.91. The molecule has 0 N–H and O–H groups in total. The van der Waals surface area contributed by atoms with E-state index in [9.17, 15) is 13.2 Å². The van der Waals surface area contributed by atoms with Gasteiger partial charge in [0.05, 0.1) is 11.5 Å². The largest absolute Gasteiger partial charge is 0.339 e. The molecule has 4 atom stereocenters. The molecule has 3 aliphatic rings. The molecule has 0 aromatic carbocycles. The fourth-order valence-corrected chi connectivity index (χ4v) is 6.36. The van der Waals surface area contributed by atoms with Crippen molar-refractivity contribution in [2.45, 2.75) is 51.5 Å². The first kappa shape index (κ1) is 14.4. The van der Waals surface area contributed by atoms with Crippen molar-refractivity contribution in [3.63, 3.8) is 0 Å². The van der Waals surface area contributed by atoms with Crippen molar-refractivity contribution in [1.82, 2.24) is 4.90 Å². The molecule has 4 unspecified atom stereocenters. The van der Waals surface area contributed by atoms with Gasteiger partial charge in [0, 0.05) is 19.0 Å². The Balaban J connectivity index is 1.60. The topological polar surface area (TPSA) is 54.5 Å². The molecule has 2 bridgehead atoms. The molecule has 0 aromatic rings. The summed E-state index contributed by atoms with van der Waals surface area (Å²) >= 11 is 0. The molecule has 3 rings (SSSR count). The summed E-state index contributed by atoms with van der Waals surface area (Å²) in [4.78, 5) is 14.4. The van der Waals surface area contributed by atoms with Crippen molar-refractivity contribution in [3.8, 4) is 0 Å². The minimum absolute atomic E-state index is 0.0731. The summed E-state index contributed by atoms with van der Waals surface area (Å²) in [5, 5.41) is 0. The van der Waals surface area contributed by atoms with Crippen molar-refractivity contribution < 1.29 is 13.2 Å². The molecular weight excluding hydrogens is 274 g/mol. The quantitative estimate of drug-likeness (QED) is 0.796. The Labute approximate surface area is 121 Å². The smallest absolute Gasteiger partial charge is 0.223 e. The fraction of sp³-hybridized carbons (Fsp3) is 0.933. The average molecular weight is 299 g/mol. The standard InChI is InChI=1S/C15H25NO3S/c1-2-16(14-5-6-20(18,19)10-14)15(17)9-13-8-11-3-4-12(13)7-11/h11-14H,2-10H2,1H3. The summed E-state index contributed by atoms with van der Waals surface area (Å²) in [5.41, 5.74) is 0. The minimum atomic E-state index is -2.91. The monoisotopic (exact) mass is 299 g/mol. The van der Waals surface area contributed by atoms with Gasteiger partial charge in [-0.05, 0) is 50.4 Å². The molecule has 5 heteroatoms. The van der Waals surface area contributed by atoms with Gasteiger partial charge in [0.1, 0.15) is 0 Å². The van der Waals surface area contributed by atoms with E-state index < -0.39 is 9.84 Å². The lowest BCUT2D eigenvalue weighted by Gasteiger charge is -2.30. The number of amides is 1. The number of carbonyl (C=O) groups is 1. The molecule has 0 radical (unpaired) electrons. The first-order valence-corrected chi connectivity index (χ1v) is 9.80. The van der Waals surface area contributed by atoms with Crippen LogP contribution in [0.25, 0.3) is 0 Å². The van der Waals surface area contributed by atoms with Crippen molar-refractivity contribution >= 4 is 15.7 Å². The van der Waals surface area contributed by atoms with Crippen LogP contribution in [0, 0.1) is 17.8 Å². The van der Waals surface area contributed by atoms with Crippen molar-refractivity contribution in [2.75, 3.05) is 18.1 Å². The van der Waals surface area contributed by atoms with Crippen LogP contribution in [0.15, 0.2) is 0 Å². The van der Waals surface area contributed by atoms with Gasteiger partial charge in [-0.3, -0.25) is 4.79 Å². The van der Waals surface area contributed by atoms with Gasteiger partial charge < -0.3 is 4.90 Å². The third-order valence-electron chi connectivity index (χ3n) is 5.63. The number of carbonyl (C=O) groups excluding carboxylic acids is 1. The molecule has 1 saturated heterocycles. The maximum atomic E-state index is 12.5. The van der Waals surface area contributed by atoms with E-state index in [-0.39, 0.29) is 23.5 Å². The summed E-state index contributed by atoms with van der Waals surface area (Å²) < 4.78 is 23.2. The molecule has 0 spiro atoms. The van der Waals surface area contributed by atoms with Crippen LogP contribution in [0.4, 0.5) is 0 Å². The van der Waals surface area contributed by atoms with Crippen LogP contribution in [0.5, 0.6) is 0 Å². The first-order valence-electron chi connectivity index (χ1n) is 7.98. The molecule has 2 saturated carbocycles. The zero-order chi connectivity index (χ0) is 14.3. The van der Waals surface area contributed by atoms with Gasteiger partial charge in [-0.15, -0.1) is 0 Å². The summed E-state index contributed by atoms with van der Waals surface area (Å²) in [7, 11) is -2.91. The van der Waals surface area contributed by atoms with Gasteiger partial charge in [0.25, 0.3) is 0 Å². The molecule has 3 fully saturated rings. The second-order valence-corrected chi connectivity index (χ2v) is 9.10. The maximum absolute atomic E-state index is 12.5. The van der Waals surface area contributed by atoms with Crippen LogP contribution < -0.4 is 0 Å². The van der Waals surface area contributed by atoms with Gasteiger partial charge in [-0.1, -0.05) is 6.42 Å².